The molecule has 1 aliphatic rings. The fourth-order valence-corrected chi connectivity index (χ4v) is 3.66. The van der Waals surface area contributed by atoms with Gasteiger partial charge in [-0.3, -0.25) is 4.99 Å². The molecule has 0 aromatic carbocycles. The Morgan fingerprint density at radius 1 is 0.846 bits per heavy atom. The minimum atomic E-state index is 0.242. The zero-order valence-electron chi connectivity index (χ0n) is 17.4. The quantitative estimate of drug-likeness (QED) is 0.235. The Kier molecular flexibility index (Phi) is 15.7. The van der Waals surface area contributed by atoms with Gasteiger partial charge < -0.3 is 10.0 Å². The standard InChI is InChI=1S/C23H44N2O/c1-2-3-4-5-6-7-8-9-10-11-12-13-14-15-16-17-18-23-24-19-20-25(23)21-22-26/h9-10,26H,2-8,11-22H2,1H3/b10-9+. The summed E-state index contributed by atoms with van der Waals surface area (Å²) in [6, 6.07) is 0. The van der Waals surface area contributed by atoms with Crippen molar-refractivity contribution in [3.05, 3.63) is 12.2 Å². The Bertz CT molecular complexity index is 365. The Morgan fingerprint density at radius 2 is 1.42 bits per heavy atom. The summed E-state index contributed by atoms with van der Waals surface area (Å²) in [4.78, 5) is 6.81. The molecule has 0 unspecified atom stereocenters. The lowest BCUT2D eigenvalue weighted by atomic mass is 10.1. The van der Waals surface area contributed by atoms with Crippen molar-refractivity contribution in [2.75, 3.05) is 26.2 Å². The maximum atomic E-state index is 9.06. The van der Waals surface area contributed by atoms with E-state index >= 15 is 0 Å². The number of aliphatic hydroxyl groups excluding tert-OH is 1. The van der Waals surface area contributed by atoms with Crippen molar-refractivity contribution in [3.63, 3.8) is 0 Å². The smallest absolute Gasteiger partial charge is 0.0991 e. The van der Waals surface area contributed by atoms with Crippen LogP contribution < -0.4 is 0 Å². The molecule has 26 heavy (non-hydrogen) atoms. The lowest BCUT2D eigenvalue weighted by molar-refractivity contribution is 0.255. The highest BCUT2D eigenvalue weighted by molar-refractivity contribution is 5.83. The summed E-state index contributed by atoms with van der Waals surface area (Å²) >= 11 is 0. The molecule has 152 valence electrons. The lowest BCUT2D eigenvalue weighted by Crippen LogP contribution is -2.30. The van der Waals surface area contributed by atoms with Crippen LogP contribution in [-0.2, 0) is 0 Å². The molecule has 0 fully saturated rings. The van der Waals surface area contributed by atoms with Crippen LogP contribution in [0.25, 0.3) is 0 Å². The lowest BCUT2D eigenvalue weighted by Gasteiger charge is -2.18. The van der Waals surface area contributed by atoms with Crippen molar-refractivity contribution in [1.29, 1.82) is 0 Å². The van der Waals surface area contributed by atoms with Crippen molar-refractivity contribution in [2.24, 2.45) is 4.99 Å². The van der Waals surface area contributed by atoms with Crippen molar-refractivity contribution in [3.8, 4) is 0 Å². The van der Waals surface area contributed by atoms with Gasteiger partial charge in [-0.1, -0.05) is 76.9 Å². The second-order valence-corrected chi connectivity index (χ2v) is 7.70. The van der Waals surface area contributed by atoms with Gasteiger partial charge in [-0.25, -0.2) is 0 Å². The van der Waals surface area contributed by atoms with E-state index in [-0.39, 0.29) is 6.61 Å². The number of unbranched alkanes of at least 4 members (excludes halogenated alkanes) is 12. The van der Waals surface area contributed by atoms with E-state index in [9.17, 15) is 0 Å². The van der Waals surface area contributed by atoms with Crippen molar-refractivity contribution in [2.45, 2.75) is 103 Å². The molecule has 0 aromatic heterocycles. The highest BCUT2D eigenvalue weighted by atomic mass is 16.3. The predicted octanol–water partition coefficient (Wildman–Crippen LogP) is 6.12. The second-order valence-electron chi connectivity index (χ2n) is 7.70. The van der Waals surface area contributed by atoms with Gasteiger partial charge in [0.15, 0.2) is 0 Å². The first-order valence-electron chi connectivity index (χ1n) is 11.4. The first-order chi connectivity index (χ1) is 12.9. The molecule has 3 nitrogen and oxygen atoms in total. The van der Waals surface area contributed by atoms with Gasteiger partial charge in [0.25, 0.3) is 0 Å². The molecule has 0 saturated carbocycles. The van der Waals surface area contributed by atoms with Crippen LogP contribution in [0.1, 0.15) is 103 Å². The molecule has 3 heteroatoms. The summed E-state index contributed by atoms with van der Waals surface area (Å²) in [6.45, 7) is 5.20. The van der Waals surface area contributed by atoms with E-state index in [1.165, 1.54) is 95.7 Å². The minimum absolute atomic E-state index is 0.242. The highest BCUT2D eigenvalue weighted by Gasteiger charge is 2.14. The number of hydrogen-bond donors (Lipinski definition) is 1. The number of aliphatic imine (C=N–C) groups is 1. The Labute approximate surface area is 163 Å². The Morgan fingerprint density at radius 3 is 2.04 bits per heavy atom. The molecule has 1 aliphatic heterocycles. The number of aliphatic hydroxyl groups is 1. The van der Waals surface area contributed by atoms with Crippen LogP contribution in [0.3, 0.4) is 0 Å². The summed E-state index contributed by atoms with van der Waals surface area (Å²) in [6.07, 6.45) is 24.9. The maximum Gasteiger partial charge on any atom is 0.0991 e. The van der Waals surface area contributed by atoms with Crippen LogP contribution >= 0.6 is 0 Å². The van der Waals surface area contributed by atoms with Crippen LogP contribution in [-0.4, -0.2) is 42.1 Å². The third kappa shape index (κ3) is 12.5. The molecule has 1 heterocycles. The summed E-state index contributed by atoms with van der Waals surface area (Å²) in [7, 11) is 0. The third-order valence-corrected chi connectivity index (χ3v) is 5.31. The van der Waals surface area contributed by atoms with Crippen LogP contribution in [0.2, 0.25) is 0 Å². The van der Waals surface area contributed by atoms with Crippen LogP contribution in [0.15, 0.2) is 17.1 Å². The van der Waals surface area contributed by atoms with Crippen molar-refractivity contribution >= 4 is 5.84 Å². The molecule has 1 N–H and O–H groups in total. The number of allylic oxidation sites excluding steroid dienone is 2. The number of amidine groups is 1. The third-order valence-electron chi connectivity index (χ3n) is 5.31. The largest absolute Gasteiger partial charge is 0.395 e. The molecular formula is C23H44N2O. The van der Waals surface area contributed by atoms with Gasteiger partial charge in [-0.2, -0.15) is 0 Å². The van der Waals surface area contributed by atoms with E-state index in [2.05, 4.69) is 29.0 Å². The summed E-state index contributed by atoms with van der Waals surface area (Å²) in [5, 5.41) is 9.06. The predicted molar refractivity (Wildman–Crippen MR) is 115 cm³/mol. The molecule has 0 atom stereocenters. The minimum Gasteiger partial charge on any atom is -0.395 e. The molecule has 0 bridgehead atoms. The van der Waals surface area contributed by atoms with E-state index in [4.69, 9.17) is 5.11 Å². The van der Waals surface area contributed by atoms with Gasteiger partial charge in [-0.05, 0) is 32.1 Å². The van der Waals surface area contributed by atoms with Gasteiger partial charge >= 0.3 is 0 Å². The maximum absolute atomic E-state index is 9.06. The van der Waals surface area contributed by atoms with E-state index in [0.29, 0.717) is 0 Å². The zero-order valence-corrected chi connectivity index (χ0v) is 17.4. The molecule has 0 aromatic rings. The monoisotopic (exact) mass is 364 g/mol. The number of hydrogen-bond acceptors (Lipinski definition) is 3. The molecule has 0 aliphatic carbocycles. The fourth-order valence-electron chi connectivity index (χ4n) is 3.66. The van der Waals surface area contributed by atoms with Crippen LogP contribution in [0.4, 0.5) is 0 Å². The van der Waals surface area contributed by atoms with Crippen molar-refractivity contribution in [1.82, 2.24) is 4.90 Å². The van der Waals surface area contributed by atoms with E-state index in [1.807, 2.05) is 0 Å². The molecular weight excluding hydrogens is 320 g/mol. The van der Waals surface area contributed by atoms with Gasteiger partial charge in [0.2, 0.25) is 0 Å². The molecule has 1 rings (SSSR count). The summed E-state index contributed by atoms with van der Waals surface area (Å²) < 4.78 is 0. The first kappa shape index (κ1) is 23.2. The van der Waals surface area contributed by atoms with Gasteiger partial charge in [0.1, 0.15) is 0 Å². The number of rotatable bonds is 18. The molecule has 0 radical (unpaired) electrons. The van der Waals surface area contributed by atoms with Crippen LogP contribution in [0.5, 0.6) is 0 Å². The van der Waals surface area contributed by atoms with Gasteiger partial charge in [0, 0.05) is 19.5 Å². The highest BCUT2D eigenvalue weighted by Crippen LogP contribution is 2.13. The second kappa shape index (κ2) is 17.6. The number of nitrogens with zero attached hydrogens (tertiary/aromatic N) is 2. The summed E-state index contributed by atoms with van der Waals surface area (Å²) in [5.41, 5.74) is 0. The van der Waals surface area contributed by atoms with Crippen molar-refractivity contribution < 1.29 is 5.11 Å². The first-order valence-corrected chi connectivity index (χ1v) is 11.4. The average molecular weight is 365 g/mol. The van der Waals surface area contributed by atoms with E-state index < -0.39 is 0 Å². The Balaban J connectivity index is 1.80. The van der Waals surface area contributed by atoms with Crippen LogP contribution in [0, 0.1) is 0 Å². The average Bonchev–Trinajstić information content (AvgIpc) is 3.09. The Hall–Kier alpha value is -0.830. The SMILES string of the molecule is CCCCCCCC/C=C/CCCCCCCCC1=NCCN1CCO. The molecule has 0 amide bonds. The fraction of sp³-hybridized carbons (Fsp3) is 0.870. The van der Waals surface area contributed by atoms with E-state index in [1.54, 1.807) is 0 Å². The molecule has 0 saturated heterocycles. The summed E-state index contributed by atoms with van der Waals surface area (Å²) in [5.74, 6) is 1.23. The van der Waals surface area contributed by atoms with Gasteiger partial charge in [-0.15, -0.1) is 0 Å². The zero-order chi connectivity index (χ0) is 18.7. The van der Waals surface area contributed by atoms with Gasteiger partial charge in [0.05, 0.1) is 19.0 Å². The number of β-amino-alcohol motifs (C(OH)–C–C–N with tert-alkyl or cyclic N) is 1. The topological polar surface area (TPSA) is 35.8 Å². The molecule has 0 spiro atoms. The normalized spacial score (nSPS) is 14.5. The van der Waals surface area contributed by atoms with E-state index in [0.717, 1.165) is 26.1 Å².